The molecule has 0 bridgehead atoms. The number of benzene rings is 1. The number of aromatic hydroxyl groups is 1. The van der Waals surface area contributed by atoms with Crippen LogP contribution in [0.25, 0.3) is 11.0 Å². The molecule has 1 aliphatic heterocycles. The molecule has 0 aliphatic carbocycles. The number of hydrogen-bond donors (Lipinski definition) is 2. The summed E-state index contributed by atoms with van der Waals surface area (Å²) in [7, 11) is -4.00. The average molecular weight is 339 g/mol. The SMILES string of the molecule is O=C(O)[C@@H]1CCCN1S(=O)(=O)c1ccc2oc(=O)c(O)cc2c1. The quantitative estimate of drug-likeness (QED) is 0.790. The maximum absolute atomic E-state index is 12.7. The standard InChI is InChI=1S/C14H13NO7S/c16-11-7-8-6-9(3-4-12(8)22-14(11)19)23(20,21)15-5-1-2-10(15)13(17)18/h3-4,6-7,10,16H,1-2,5H2,(H,17,18)/t10-/m0/s1. The number of carbonyl (C=O) groups is 1. The minimum absolute atomic E-state index is 0.119. The second-order valence-electron chi connectivity index (χ2n) is 5.23. The molecular weight excluding hydrogens is 326 g/mol. The van der Waals surface area contributed by atoms with E-state index in [0.29, 0.717) is 6.42 Å². The molecule has 23 heavy (non-hydrogen) atoms. The second-order valence-corrected chi connectivity index (χ2v) is 7.12. The molecule has 1 aromatic carbocycles. The van der Waals surface area contributed by atoms with Gasteiger partial charge in [-0.05, 0) is 37.1 Å². The maximum Gasteiger partial charge on any atom is 0.378 e. The van der Waals surface area contributed by atoms with Gasteiger partial charge in [0.25, 0.3) is 0 Å². The van der Waals surface area contributed by atoms with Crippen LogP contribution >= 0.6 is 0 Å². The number of hydrogen-bond acceptors (Lipinski definition) is 6. The first-order valence-corrected chi connectivity index (χ1v) is 8.26. The Hall–Kier alpha value is -2.39. The largest absolute Gasteiger partial charge is 0.502 e. The van der Waals surface area contributed by atoms with E-state index in [1.54, 1.807) is 0 Å². The van der Waals surface area contributed by atoms with Crippen molar-refractivity contribution in [2.24, 2.45) is 0 Å². The fourth-order valence-electron chi connectivity index (χ4n) is 2.66. The van der Waals surface area contributed by atoms with Gasteiger partial charge in [-0.25, -0.2) is 13.2 Å². The Bertz CT molecular complexity index is 947. The fourth-order valence-corrected chi connectivity index (χ4v) is 4.35. The highest BCUT2D eigenvalue weighted by molar-refractivity contribution is 7.89. The Morgan fingerprint density at radius 1 is 1.30 bits per heavy atom. The molecule has 0 saturated carbocycles. The van der Waals surface area contributed by atoms with Crippen LogP contribution in [0.3, 0.4) is 0 Å². The van der Waals surface area contributed by atoms with Crippen LogP contribution in [0.4, 0.5) is 0 Å². The highest BCUT2D eigenvalue weighted by atomic mass is 32.2. The zero-order chi connectivity index (χ0) is 16.8. The van der Waals surface area contributed by atoms with Crippen LogP contribution in [-0.4, -0.2) is 41.5 Å². The molecule has 3 rings (SSSR count). The van der Waals surface area contributed by atoms with Gasteiger partial charge in [-0.15, -0.1) is 0 Å². The summed E-state index contributed by atoms with van der Waals surface area (Å²) in [6.07, 6.45) is 0.733. The van der Waals surface area contributed by atoms with Gasteiger partial charge in [-0.1, -0.05) is 0 Å². The van der Waals surface area contributed by atoms with Crippen LogP contribution in [0.5, 0.6) is 5.75 Å². The Labute approximate surface area is 130 Å². The summed E-state index contributed by atoms with van der Waals surface area (Å²) in [5.74, 6) is -1.81. The van der Waals surface area contributed by atoms with E-state index in [4.69, 9.17) is 9.52 Å². The fraction of sp³-hybridized carbons (Fsp3) is 0.286. The van der Waals surface area contributed by atoms with E-state index in [1.807, 2.05) is 0 Å². The van der Waals surface area contributed by atoms with Crippen molar-refractivity contribution in [3.8, 4) is 5.75 Å². The maximum atomic E-state index is 12.7. The average Bonchev–Trinajstić information content (AvgIpc) is 2.98. The third-order valence-electron chi connectivity index (χ3n) is 3.78. The van der Waals surface area contributed by atoms with E-state index < -0.39 is 33.4 Å². The Morgan fingerprint density at radius 2 is 2.04 bits per heavy atom. The summed E-state index contributed by atoms with van der Waals surface area (Å²) in [6, 6.07) is 3.81. The van der Waals surface area contributed by atoms with Crippen molar-refractivity contribution in [3.63, 3.8) is 0 Å². The molecular formula is C14H13NO7S. The van der Waals surface area contributed by atoms with E-state index in [9.17, 15) is 23.1 Å². The molecule has 0 spiro atoms. The number of carboxylic acid groups (broad SMARTS) is 1. The highest BCUT2D eigenvalue weighted by Gasteiger charge is 2.39. The number of rotatable bonds is 3. The lowest BCUT2D eigenvalue weighted by Crippen LogP contribution is -2.40. The van der Waals surface area contributed by atoms with Crippen molar-refractivity contribution < 1.29 is 27.8 Å². The first-order valence-electron chi connectivity index (χ1n) is 6.82. The first-order chi connectivity index (χ1) is 10.8. The summed E-state index contributed by atoms with van der Waals surface area (Å²) in [6.45, 7) is 0.131. The minimum atomic E-state index is -4.00. The molecule has 1 fully saturated rings. The van der Waals surface area contributed by atoms with E-state index in [-0.39, 0.29) is 28.8 Å². The third kappa shape index (κ3) is 2.57. The molecule has 0 unspecified atom stereocenters. The van der Waals surface area contributed by atoms with Crippen molar-refractivity contribution in [1.82, 2.24) is 4.31 Å². The first kappa shape index (κ1) is 15.5. The van der Waals surface area contributed by atoms with Gasteiger partial charge in [0.05, 0.1) is 4.90 Å². The molecule has 1 saturated heterocycles. The zero-order valence-electron chi connectivity index (χ0n) is 11.8. The van der Waals surface area contributed by atoms with Gasteiger partial charge in [0.2, 0.25) is 15.8 Å². The van der Waals surface area contributed by atoms with Crippen molar-refractivity contribution in [2.45, 2.75) is 23.8 Å². The van der Waals surface area contributed by atoms with Gasteiger partial charge in [0, 0.05) is 11.9 Å². The van der Waals surface area contributed by atoms with Crippen LogP contribution in [0.2, 0.25) is 0 Å². The minimum Gasteiger partial charge on any atom is -0.502 e. The van der Waals surface area contributed by atoms with Crippen LogP contribution in [0.15, 0.2) is 38.4 Å². The predicted octanol–water partition coefficient (Wildman–Crippen LogP) is 0.736. The molecule has 1 atom stereocenters. The van der Waals surface area contributed by atoms with Crippen molar-refractivity contribution >= 4 is 27.0 Å². The van der Waals surface area contributed by atoms with Crippen molar-refractivity contribution in [2.75, 3.05) is 6.54 Å². The molecule has 122 valence electrons. The van der Waals surface area contributed by atoms with Gasteiger partial charge in [-0.2, -0.15) is 4.31 Å². The van der Waals surface area contributed by atoms with E-state index in [1.165, 1.54) is 18.2 Å². The smallest absolute Gasteiger partial charge is 0.378 e. The summed E-state index contributed by atoms with van der Waals surface area (Å²) >= 11 is 0. The monoisotopic (exact) mass is 339 g/mol. The second kappa shape index (κ2) is 5.36. The normalized spacial score (nSPS) is 19.2. The molecule has 1 aromatic heterocycles. The Morgan fingerprint density at radius 3 is 2.74 bits per heavy atom. The van der Waals surface area contributed by atoms with Crippen molar-refractivity contribution in [1.29, 1.82) is 0 Å². The molecule has 2 aromatic rings. The van der Waals surface area contributed by atoms with E-state index in [0.717, 1.165) is 10.4 Å². The zero-order valence-corrected chi connectivity index (χ0v) is 12.6. The number of nitrogens with zero attached hydrogens (tertiary/aromatic N) is 1. The lowest BCUT2D eigenvalue weighted by Gasteiger charge is -2.21. The molecule has 8 nitrogen and oxygen atoms in total. The molecule has 2 N–H and O–H groups in total. The molecule has 2 heterocycles. The highest BCUT2D eigenvalue weighted by Crippen LogP contribution is 2.28. The van der Waals surface area contributed by atoms with Crippen LogP contribution in [0, 0.1) is 0 Å². The van der Waals surface area contributed by atoms with Crippen LogP contribution < -0.4 is 5.63 Å². The Kier molecular flexibility index (Phi) is 3.61. The molecule has 0 radical (unpaired) electrons. The van der Waals surface area contributed by atoms with Gasteiger partial charge >= 0.3 is 11.6 Å². The van der Waals surface area contributed by atoms with Gasteiger partial charge < -0.3 is 14.6 Å². The summed E-state index contributed by atoms with van der Waals surface area (Å²) in [5, 5.41) is 18.8. The summed E-state index contributed by atoms with van der Waals surface area (Å²) < 4.78 is 31.1. The molecule has 1 aliphatic rings. The number of carboxylic acids is 1. The van der Waals surface area contributed by atoms with Crippen molar-refractivity contribution in [3.05, 3.63) is 34.7 Å². The lowest BCUT2D eigenvalue weighted by molar-refractivity contribution is -0.140. The number of sulfonamides is 1. The summed E-state index contributed by atoms with van der Waals surface area (Å²) in [4.78, 5) is 22.3. The number of fused-ring (bicyclic) bond motifs is 1. The number of aliphatic carboxylic acids is 1. The molecule has 9 heteroatoms. The van der Waals surface area contributed by atoms with Gasteiger partial charge in [0.1, 0.15) is 11.6 Å². The van der Waals surface area contributed by atoms with Crippen LogP contribution in [-0.2, 0) is 14.8 Å². The topological polar surface area (TPSA) is 125 Å². The predicted molar refractivity (Wildman–Crippen MR) is 78.7 cm³/mol. The Balaban J connectivity index is 2.10. The van der Waals surface area contributed by atoms with E-state index >= 15 is 0 Å². The molecule has 0 amide bonds. The lowest BCUT2D eigenvalue weighted by atomic mass is 10.2. The summed E-state index contributed by atoms with van der Waals surface area (Å²) in [5.41, 5.74) is -0.790. The van der Waals surface area contributed by atoms with Gasteiger partial charge in [0.15, 0.2) is 0 Å². The van der Waals surface area contributed by atoms with E-state index in [2.05, 4.69) is 0 Å². The third-order valence-corrected chi connectivity index (χ3v) is 5.68. The van der Waals surface area contributed by atoms with Crippen LogP contribution in [0.1, 0.15) is 12.8 Å². The van der Waals surface area contributed by atoms with Gasteiger partial charge in [-0.3, -0.25) is 4.79 Å².